The minimum atomic E-state index is -0.107. The summed E-state index contributed by atoms with van der Waals surface area (Å²) in [6, 6.07) is 13.4. The molecule has 102 valence electrons. The topological polar surface area (TPSA) is 55.1 Å². The Balaban J connectivity index is 1.83. The second kappa shape index (κ2) is 5.50. The van der Waals surface area contributed by atoms with Gasteiger partial charge >= 0.3 is 0 Å². The van der Waals surface area contributed by atoms with Crippen LogP contribution in [0.25, 0.3) is 0 Å². The molecule has 1 atom stereocenters. The number of hydrogen-bond donors (Lipinski definition) is 2. The van der Waals surface area contributed by atoms with E-state index in [1.165, 1.54) is 4.90 Å². The second-order valence-electron chi connectivity index (χ2n) is 4.63. The number of nitrogens with one attached hydrogen (secondary N) is 1. The quantitative estimate of drug-likeness (QED) is 0.810. The Morgan fingerprint density at radius 3 is 2.95 bits per heavy atom. The minimum Gasteiger partial charge on any atom is -0.399 e. The molecule has 0 spiro atoms. The molecule has 3 nitrogen and oxygen atoms in total. The number of anilines is 2. The summed E-state index contributed by atoms with van der Waals surface area (Å²) in [4.78, 5) is 13.6. The molecule has 1 aliphatic rings. The number of carbonyl (C=O) groups excluding carboxylic acids is 1. The van der Waals surface area contributed by atoms with Gasteiger partial charge in [-0.3, -0.25) is 4.79 Å². The predicted octanol–water partition coefficient (Wildman–Crippen LogP) is 3.86. The van der Waals surface area contributed by atoms with Crippen LogP contribution in [0, 0.1) is 0 Å². The van der Waals surface area contributed by atoms with Crippen molar-refractivity contribution in [1.82, 2.24) is 0 Å². The molecule has 3 rings (SSSR count). The van der Waals surface area contributed by atoms with Crippen LogP contribution in [0.3, 0.4) is 0 Å². The van der Waals surface area contributed by atoms with E-state index in [-0.39, 0.29) is 11.8 Å². The van der Waals surface area contributed by atoms with Crippen LogP contribution in [0.15, 0.2) is 51.8 Å². The number of carbonyl (C=O) groups is 1. The molecule has 3 N–H and O–H groups in total. The summed E-state index contributed by atoms with van der Waals surface area (Å²) in [6.45, 7) is 0. The highest BCUT2D eigenvalue weighted by Crippen LogP contribution is 2.40. The number of thioether (sulfide) groups is 1. The van der Waals surface area contributed by atoms with E-state index < -0.39 is 0 Å². The molecule has 0 radical (unpaired) electrons. The van der Waals surface area contributed by atoms with Crippen molar-refractivity contribution in [2.75, 3.05) is 16.8 Å². The summed E-state index contributed by atoms with van der Waals surface area (Å²) in [5.74, 6) is 0.684. The molecule has 1 aliphatic heterocycles. The van der Waals surface area contributed by atoms with E-state index in [9.17, 15) is 4.79 Å². The highest BCUT2D eigenvalue weighted by atomic mass is 79.9. The van der Waals surface area contributed by atoms with Crippen LogP contribution in [0.2, 0.25) is 0 Å². The summed E-state index contributed by atoms with van der Waals surface area (Å²) in [6.07, 6.45) is 0. The van der Waals surface area contributed by atoms with Gasteiger partial charge in [0.2, 0.25) is 5.91 Å². The predicted molar refractivity (Wildman–Crippen MR) is 87.1 cm³/mol. The summed E-state index contributed by atoms with van der Waals surface area (Å²) >= 11 is 5.15. The Kier molecular flexibility index (Phi) is 3.72. The molecule has 20 heavy (non-hydrogen) atoms. The summed E-state index contributed by atoms with van der Waals surface area (Å²) < 4.78 is 0.832. The smallest absolute Gasteiger partial charge is 0.232 e. The maximum atomic E-state index is 12.5. The molecule has 0 saturated heterocycles. The fourth-order valence-corrected chi connectivity index (χ4v) is 3.81. The van der Waals surface area contributed by atoms with Gasteiger partial charge < -0.3 is 11.1 Å². The molecular formula is C15H13BrN2OS. The van der Waals surface area contributed by atoms with Gasteiger partial charge in [-0.2, -0.15) is 0 Å². The maximum Gasteiger partial charge on any atom is 0.232 e. The van der Waals surface area contributed by atoms with Gasteiger partial charge in [-0.25, -0.2) is 0 Å². The molecular weight excluding hydrogens is 336 g/mol. The van der Waals surface area contributed by atoms with E-state index in [0.29, 0.717) is 11.4 Å². The first-order chi connectivity index (χ1) is 9.65. The van der Waals surface area contributed by atoms with E-state index >= 15 is 0 Å². The fraction of sp³-hybridized carbons (Fsp3) is 0.133. The van der Waals surface area contributed by atoms with Gasteiger partial charge in [-0.15, -0.1) is 11.8 Å². The summed E-state index contributed by atoms with van der Waals surface area (Å²) in [5.41, 5.74) is 8.21. The zero-order valence-corrected chi connectivity index (χ0v) is 13.0. The van der Waals surface area contributed by atoms with Crippen LogP contribution in [0.5, 0.6) is 0 Å². The number of nitrogens with two attached hydrogens (primary N) is 1. The number of halogens is 1. The molecule has 0 aliphatic carbocycles. The van der Waals surface area contributed by atoms with Crippen LogP contribution in [0.4, 0.5) is 11.4 Å². The third-order valence-corrected chi connectivity index (χ3v) is 5.14. The van der Waals surface area contributed by atoms with E-state index in [0.717, 1.165) is 15.8 Å². The molecule has 0 saturated carbocycles. The Hall–Kier alpha value is -1.46. The highest BCUT2D eigenvalue weighted by Gasteiger charge is 2.29. The first-order valence-corrected chi connectivity index (χ1v) is 8.00. The van der Waals surface area contributed by atoms with Crippen molar-refractivity contribution in [2.45, 2.75) is 10.8 Å². The minimum absolute atomic E-state index is 0.00810. The zero-order valence-electron chi connectivity index (χ0n) is 10.6. The highest BCUT2D eigenvalue weighted by molar-refractivity contribution is 9.10. The Morgan fingerprint density at radius 2 is 2.10 bits per heavy atom. The van der Waals surface area contributed by atoms with Gasteiger partial charge in [0.05, 0.1) is 11.6 Å². The Morgan fingerprint density at radius 1 is 1.30 bits per heavy atom. The van der Waals surface area contributed by atoms with E-state index in [1.54, 1.807) is 23.9 Å². The van der Waals surface area contributed by atoms with Crippen LogP contribution in [-0.4, -0.2) is 11.7 Å². The number of rotatable bonds is 2. The number of amides is 1. The van der Waals surface area contributed by atoms with Gasteiger partial charge in [-0.1, -0.05) is 18.2 Å². The van der Waals surface area contributed by atoms with Gasteiger partial charge in [0.25, 0.3) is 0 Å². The van der Waals surface area contributed by atoms with E-state index in [2.05, 4.69) is 27.3 Å². The Labute approximate surface area is 130 Å². The van der Waals surface area contributed by atoms with E-state index in [4.69, 9.17) is 5.73 Å². The van der Waals surface area contributed by atoms with Crippen molar-refractivity contribution in [3.8, 4) is 0 Å². The molecule has 2 aromatic carbocycles. The van der Waals surface area contributed by atoms with Gasteiger partial charge in [0.1, 0.15) is 0 Å². The molecule has 1 heterocycles. The fourth-order valence-electron chi connectivity index (χ4n) is 2.24. The lowest BCUT2D eigenvalue weighted by Crippen LogP contribution is -2.21. The van der Waals surface area contributed by atoms with Crippen LogP contribution >= 0.6 is 27.7 Å². The van der Waals surface area contributed by atoms with Crippen molar-refractivity contribution < 1.29 is 4.79 Å². The second-order valence-corrected chi connectivity index (χ2v) is 6.55. The average Bonchev–Trinajstić information content (AvgIpc) is 2.87. The lowest BCUT2D eigenvalue weighted by Gasteiger charge is -2.13. The molecule has 1 amide bonds. The lowest BCUT2D eigenvalue weighted by atomic mass is 10.0. The standard InChI is InChI=1S/C15H13BrN2OS/c16-12-6-5-9(17)7-13(12)18-15(19)11-8-20-14-4-2-1-3-10(11)14/h1-7,11H,8,17H2,(H,18,19). The molecule has 2 aromatic rings. The van der Waals surface area contributed by atoms with Crippen LogP contribution < -0.4 is 11.1 Å². The van der Waals surface area contributed by atoms with Gasteiger partial charge in [-0.05, 0) is 45.8 Å². The monoisotopic (exact) mass is 348 g/mol. The molecule has 5 heteroatoms. The van der Waals surface area contributed by atoms with Crippen molar-refractivity contribution in [1.29, 1.82) is 0 Å². The van der Waals surface area contributed by atoms with Gasteiger partial charge in [0.15, 0.2) is 0 Å². The van der Waals surface area contributed by atoms with Crippen molar-refractivity contribution >= 4 is 45.0 Å². The molecule has 0 aromatic heterocycles. The molecule has 0 fully saturated rings. The zero-order chi connectivity index (χ0) is 14.1. The third kappa shape index (κ3) is 2.55. The number of fused-ring (bicyclic) bond motifs is 1. The molecule has 0 bridgehead atoms. The summed E-state index contributed by atoms with van der Waals surface area (Å²) in [7, 11) is 0. The summed E-state index contributed by atoms with van der Waals surface area (Å²) in [5, 5.41) is 2.95. The van der Waals surface area contributed by atoms with Crippen molar-refractivity contribution in [3.63, 3.8) is 0 Å². The van der Waals surface area contributed by atoms with Crippen LogP contribution in [0.1, 0.15) is 11.5 Å². The largest absolute Gasteiger partial charge is 0.399 e. The van der Waals surface area contributed by atoms with Gasteiger partial charge in [0, 0.05) is 20.8 Å². The normalized spacial score (nSPS) is 16.8. The lowest BCUT2D eigenvalue weighted by molar-refractivity contribution is -0.117. The number of nitrogen functional groups attached to an aromatic ring is 1. The third-order valence-electron chi connectivity index (χ3n) is 3.26. The van der Waals surface area contributed by atoms with Crippen molar-refractivity contribution in [3.05, 3.63) is 52.5 Å². The molecule has 1 unspecified atom stereocenters. The first kappa shape index (κ1) is 13.5. The van der Waals surface area contributed by atoms with Crippen LogP contribution in [-0.2, 0) is 4.79 Å². The first-order valence-electron chi connectivity index (χ1n) is 6.23. The average molecular weight is 349 g/mol. The Bertz CT molecular complexity index is 675. The number of hydrogen-bond acceptors (Lipinski definition) is 3. The van der Waals surface area contributed by atoms with Crippen molar-refractivity contribution in [2.24, 2.45) is 0 Å². The maximum absolute atomic E-state index is 12.5. The van der Waals surface area contributed by atoms with E-state index in [1.807, 2.05) is 24.3 Å². The number of benzene rings is 2. The SMILES string of the molecule is Nc1ccc(Br)c(NC(=O)C2CSc3ccccc32)c1.